The van der Waals surface area contributed by atoms with Gasteiger partial charge in [0.1, 0.15) is 5.82 Å². The summed E-state index contributed by atoms with van der Waals surface area (Å²) in [7, 11) is -3.95. The van der Waals surface area contributed by atoms with Gasteiger partial charge in [-0.25, -0.2) is 17.9 Å². The van der Waals surface area contributed by atoms with Gasteiger partial charge in [-0.2, -0.15) is 0 Å². The van der Waals surface area contributed by atoms with Crippen molar-refractivity contribution < 1.29 is 26.0 Å². The molecule has 0 radical (unpaired) electrons. The summed E-state index contributed by atoms with van der Waals surface area (Å²) in [6.45, 7) is 0. The van der Waals surface area contributed by atoms with E-state index in [1.807, 2.05) is 0 Å². The summed E-state index contributed by atoms with van der Waals surface area (Å²) in [4.78, 5) is -0.204. The molecule has 0 aliphatic rings. The lowest BCUT2D eigenvalue weighted by Gasteiger charge is -2.17. The smallest absolute Gasteiger partial charge is 0.252 e. The SMILES string of the molecule is NS(=O)(=O)c1ccc(-c2ccc(-c3ccc(F)cc3)n2C(F)(F)F)cc1. The van der Waals surface area contributed by atoms with Crippen LogP contribution in [0.1, 0.15) is 0 Å². The van der Waals surface area contributed by atoms with Gasteiger partial charge in [0.05, 0.1) is 16.3 Å². The van der Waals surface area contributed by atoms with Crippen molar-refractivity contribution in [2.24, 2.45) is 5.14 Å². The lowest BCUT2D eigenvalue weighted by atomic mass is 10.1. The Morgan fingerprint density at radius 1 is 0.769 bits per heavy atom. The van der Waals surface area contributed by atoms with Crippen LogP contribution in [0.25, 0.3) is 22.5 Å². The van der Waals surface area contributed by atoms with Gasteiger partial charge in [-0.3, -0.25) is 4.57 Å². The molecule has 0 saturated heterocycles. The lowest BCUT2D eigenvalue weighted by Crippen LogP contribution is -2.19. The molecule has 0 aliphatic carbocycles. The standard InChI is InChI=1S/C17H12F4N2O2S/c18-13-5-1-11(2-6-13)15-9-10-16(23(15)17(19,20)21)12-3-7-14(8-4-12)26(22,24)25/h1-10H,(H2,22,24,25). The highest BCUT2D eigenvalue weighted by atomic mass is 32.2. The summed E-state index contributed by atoms with van der Waals surface area (Å²) in [5.41, 5.74) is 0.0000325. The number of primary sulfonamides is 1. The van der Waals surface area contributed by atoms with Gasteiger partial charge in [-0.05, 0) is 59.7 Å². The van der Waals surface area contributed by atoms with E-state index in [2.05, 4.69) is 0 Å². The molecule has 1 aromatic heterocycles. The average molecular weight is 384 g/mol. The Labute approximate surface area is 146 Å². The van der Waals surface area contributed by atoms with E-state index in [-0.39, 0.29) is 32.0 Å². The lowest BCUT2D eigenvalue weighted by molar-refractivity contribution is -0.201. The summed E-state index contributed by atoms with van der Waals surface area (Å²) >= 11 is 0. The zero-order valence-corrected chi connectivity index (χ0v) is 13.9. The maximum absolute atomic E-state index is 13.6. The molecule has 0 unspecified atom stereocenters. The number of sulfonamides is 1. The number of nitrogens with zero attached hydrogens (tertiary/aromatic N) is 1. The van der Waals surface area contributed by atoms with Crippen molar-refractivity contribution in [3.05, 3.63) is 66.5 Å². The van der Waals surface area contributed by atoms with Gasteiger partial charge in [0.2, 0.25) is 10.0 Å². The van der Waals surface area contributed by atoms with Crippen molar-refractivity contribution in [2.75, 3.05) is 0 Å². The zero-order valence-electron chi connectivity index (χ0n) is 13.0. The highest BCUT2D eigenvalue weighted by Gasteiger charge is 2.35. The third-order valence-corrected chi connectivity index (χ3v) is 4.68. The number of benzene rings is 2. The molecule has 0 atom stereocenters. The molecule has 136 valence electrons. The largest absolute Gasteiger partial charge is 0.489 e. The maximum atomic E-state index is 13.6. The van der Waals surface area contributed by atoms with E-state index >= 15 is 0 Å². The van der Waals surface area contributed by atoms with Crippen molar-refractivity contribution in [3.63, 3.8) is 0 Å². The van der Waals surface area contributed by atoms with Gasteiger partial charge in [-0.1, -0.05) is 12.1 Å². The van der Waals surface area contributed by atoms with Crippen LogP contribution in [0.3, 0.4) is 0 Å². The Morgan fingerprint density at radius 3 is 1.58 bits per heavy atom. The molecule has 4 nitrogen and oxygen atoms in total. The molecule has 9 heteroatoms. The second-order valence-electron chi connectivity index (χ2n) is 5.48. The molecule has 0 saturated carbocycles. The van der Waals surface area contributed by atoms with Crippen LogP contribution in [0.5, 0.6) is 0 Å². The molecular weight excluding hydrogens is 372 g/mol. The Balaban J connectivity index is 2.15. The Bertz CT molecular complexity index is 1040. The Morgan fingerprint density at radius 2 is 1.19 bits per heavy atom. The number of aromatic nitrogens is 1. The summed E-state index contributed by atoms with van der Waals surface area (Å²) in [5, 5.41) is 4.99. The molecule has 0 spiro atoms. The van der Waals surface area contributed by atoms with E-state index in [0.717, 1.165) is 24.3 Å². The molecule has 2 N–H and O–H groups in total. The molecule has 2 aromatic carbocycles. The number of nitrogens with two attached hydrogens (primary N) is 1. The molecule has 0 bridgehead atoms. The van der Waals surface area contributed by atoms with Crippen molar-refractivity contribution in [1.29, 1.82) is 0 Å². The summed E-state index contributed by atoms with van der Waals surface area (Å²) < 4.78 is 76.7. The second kappa shape index (κ2) is 6.26. The van der Waals surface area contributed by atoms with Crippen molar-refractivity contribution in [3.8, 4) is 22.5 Å². The van der Waals surface area contributed by atoms with E-state index in [0.29, 0.717) is 0 Å². The van der Waals surface area contributed by atoms with Gasteiger partial charge < -0.3 is 0 Å². The number of rotatable bonds is 3. The van der Waals surface area contributed by atoms with Crippen LogP contribution in [-0.4, -0.2) is 13.0 Å². The van der Waals surface area contributed by atoms with Crippen LogP contribution < -0.4 is 5.14 Å². The quantitative estimate of drug-likeness (QED) is 0.692. The van der Waals surface area contributed by atoms with Gasteiger partial charge in [0.25, 0.3) is 0 Å². The maximum Gasteiger partial charge on any atom is 0.489 e. The van der Waals surface area contributed by atoms with Crippen LogP contribution in [0.2, 0.25) is 0 Å². The monoisotopic (exact) mass is 384 g/mol. The van der Waals surface area contributed by atoms with Gasteiger partial charge in [0, 0.05) is 0 Å². The minimum absolute atomic E-state index is 0.156. The molecule has 0 fully saturated rings. The predicted molar refractivity (Wildman–Crippen MR) is 87.9 cm³/mol. The highest BCUT2D eigenvalue weighted by molar-refractivity contribution is 7.89. The first kappa shape index (κ1) is 18.2. The van der Waals surface area contributed by atoms with E-state index in [1.54, 1.807) is 0 Å². The summed E-state index contributed by atoms with van der Waals surface area (Å²) in [6.07, 6.45) is -4.73. The zero-order chi connectivity index (χ0) is 19.1. The molecule has 3 aromatic rings. The van der Waals surface area contributed by atoms with Crippen LogP contribution in [0, 0.1) is 5.82 Å². The van der Waals surface area contributed by atoms with E-state index in [4.69, 9.17) is 5.14 Å². The first-order chi connectivity index (χ1) is 12.1. The fourth-order valence-electron chi connectivity index (χ4n) is 2.60. The molecular formula is C17H12F4N2O2S. The highest BCUT2D eigenvalue weighted by Crippen LogP contribution is 2.37. The molecule has 0 amide bonds. The second-order valence-corrected chi connectivity index (χ2v) is 7.04. The van der Waals surface area contributed by atoms with E-state index in [9.17, 15) is 26.0 Å². The number of alkyl halides is 3. The molecule has 1 heterocycles. The normalized spacial score (nSPS) is 12.3. The Kier molecular flexibility index (Phi) is 4.37. The topological polar surface area (TPSA) is 65.1 Å². The van der Waals surface area contributed by atoms with Crippen LogP contribution in [-0.2, 0) is 16.3 Å². The van der Waals surface area contributed by atoms with Crippen molar-refractivity contribution >= 4 is 10.0 Å². The van der Waals surface area contributed by atoms with Gasteiger partial charge in [-0.15, -0.1) is 13.2 Å². The average Bonchev–Trinajstić information content (AvgIpc) is 3.00. The number of hydrogen-bond acceptors (Lipinski definition) is 2. The van der Waals surface area contributed by atoms with Crippen molar-refractivity contribution in [1.82, 2.24) is 4.57 Å². The molecule has 0 aliphatic heterocycles. The van der Waals surface area contributed by atoms with E-state index in [1.165, 1.54) is 36.4 Å². The number of halogens is 4. The molecule has 26 heavy (non-hydrogen) atoms. The van der Waals surface area contributed by atoms with Gasteiger partial charge >= 0.3 is 6.30 Å². The van der Waals surface area contributed by atoms with Crippen LogP contribution >= 0.6 is 0 Å². The minimum Gasteiger partial charge on any atom is -0.252 e. The fraction of sp³-hybridized carbons (Fsp3) is 0.0588. The van der Waals surface area contributed by atoms with Gasteiger partial charge in [0.15, 0.2) is 0 Å². The van der Waals surface area contributed by atoms with Crippen LogP contribution in [0.15, 0.2) is 65.6 Å². The minimum atomic E-state index is -4.73. The third-order valence-electron chi connectivity index (χ3n) is 3.75. The Hall–Kier alpha value is -2.65. The summed E-state index contributed by atoms with van der Waals surface area (Å²) in [6, 6.07) is 11.9. The third kappa shape index (κ3) is 3.49. The fourth-order valence-corrected chi connectivity index (χ4v) is 3.11. The first-order valence-corrected chi connectivity index (χ1v) is 8.80. The number of hydrogen-bond donors (Lipinski definition) is 1. The van der Waals surface area contributed by atoms with Crippen molar-refractivity contribution in [2.45, 2.75) is 11.2 Å². The molecule has 3 rings (SSSR count). The van der Waals surface area contributed by atoms with E-state index < -0.39 is 22.1 Å². The first-order valence-electron chi connectivity index (χ1n) is 7.25. The predicted octanol–water partition coefficient (Wildman–Crippen LogP) is 4.08. The summed E-state index contributed by atoms with van der Waals surface area (Å²) in [5.74, 6) is -0.558. The van der Waals surface area contributed by atoms with Crippen LogP contribution in [0.4, 0.5) is 17.6 Å².